The van der Waals surface area contributed by atoms with Gasteiger partial charge in [0.1, 0.15) is 13.2 Å². The molecule has 0 aliphatic carbocycles. The fourth-order valence-electron chi connectivity index (χ4n) is 2.81. The van der Waals surface area contributed by atoms with Gasteiger partial charge in [-0.25, -0.2) is 0 Å². The molecule has 2 aliphatic heterocycles. The number of fused-ring (bicyclic) bond motifs is 1. The highest BCUT2D eigenvalue weighted by Gasteiger charge is 2.29. The number of hydrogen-bond donors (Lipinski definition) is 1. The van der Waals surface area contributed by atoms with Gasteiger partial charge in [-0.1, -0.05) is 11.6 Å². The van der Waals surface area contributed by atoms with E-state index >= 15 is 0 Å². The minimum atomic E-state index is -0.363. The molecule has 1 saturated heterocycles. The second-order valence-electron chi connectivity index (χ2n) is 5.47. The molecule has 1 unspecified atom stereocenters. The van der Waals surface area contributed by atoms with Crippen molar-refractivity contribution in [3.05, 3.63) is 22.7 Å². The lowest BCUT2D eigenvalue weighted by Crippen LogP contribution is -2.44. The maximum absolute atomic E-state index is 12.6. The molecular formula is C15H17ClN2O4. The first-order valence-corrected chi connectivity index (χ1v) is 7.62. The van der Waals surface area contributed by atoms with E-state index in [-0.39, 0.29) is 17.7 Å². The zero-order valence-corrected chi connectivity index (χ0v) is 12.8. The van der Waals surface area contributed by atoms with E-state index in [0.29, 0.717) is 48.4 Å². The summed E-state index contributed by atoms with van der Waals surface area (Å²) in [5.74, 6) is 0.122. The Kier molecular flexibility index (Phi) is 4.11. The highest BCUT2D eigenvalue weighted by Crippen LogP contribution is 2.38. The number of rotatable bonds is 2. The van der Waals surface area contributed by atoms with Crippen molar-refractivity contribution in [2.75, 3.05) is 26.3 Å². The Morgan fingerprint density at radius 1 is 1.27 bits per heavy atom. The van der Waals surface area contributed by atoms with Crippen LogP contribution in [0.1, 0.15) is 23.2 Å². The van der Waals surface area contributed by atoms with E-state index in [2.05, 4.69) is 0 Å². The fourth-order valence-corrected chi connectivity index (χ4v) is 3.08. The molecule has 3 rings (SSSR count). The number of nitrogens with two attached hydrogens (primary N) is 1. The Morgan fingerprint density at radius 2 is 2.05 bits per heavy atom. The smallest absolute Gasteiger partial charge is 0.254 e. The molecule has 0 aromatic heterocycles. The summed E-state index contributed by atoms with van der Waals surface area (Å²) in [5, 5.41) is 0.351. The maximum Gasteiger partial charge on any atom is 0.254 e. The number of piperidine rings is 1. The number of carbonyl (C=O) groups is 2. The lowest BCUT2D eigenvalue weighted by atomic mass is 9.97. The molecule has 0 bridgehead atoms. The molecule has 2 heterocycles. The molecule has 1 aromatic rings. The van der Waals surface area contributed by atoms with Gasteiger partial charge in [0.15, 0.2) is 11.5 Å². The molecule has 6 nitrogen and oxygen atoms in total. The van der Waals surface area contributed by atoms with Crippen LogP contribution in [0.2, 0.25) is 5.02 Å². The lowest BCUT2D eigenvalue weighted by molar-refractivity contribution is -0.123. The van der Waals surface area contributed by atoms with E-state index < -0.39 is 0 Å². The monoisotopic (exact) mass is 324 g/mol. The summed E-state index contributed by atoms with van der Waals surface area (Å²) in [7, 11) is 0. The molecular weight excluding hydrogens is 308 g/mol. The van der Waals surface area contributed by atoms with E-state index in [1.165, 1.54) is 0 Å². The Hall–Kier alpha value is -1.95. The number of nitrogens with zero attached hydrogens (tertiary/aromatic N) is 1. The van der Waals surface area contributed by atoms with E-state index in [4.69, 9.17) is 26.8 Å². The van der Waals surface area contributed by atoms with Crippen molar-refractivity contribution in [1.82, 2.24) is 4.90 Å². The van der Waals surface area contributed by atoms with Crippen molar-refractivity contribution in [3.8, 4) is 11.5 Å². The summed E-state index contributed by atoms with van der Waals surface area (Å²) in [6.45, 7) is 1.82. The zero-order valence-electron chi connectivity index (χ0n) is 12.0. The van der Waals surface area contributed by atoms with Crippen molar-refractivity contribution in [3.63, 3.8) is 0 Å². The van der Waals surface area contributed by atoms with Crippen LogP contribution >= 0.6 is 11.6 Å². The van der Waals surface area contributed by atoms with Gasteiger partial charge in [-0.3, -0.25) is 9.59 Å². The Labute approximate surface area is 133 Å². The number of amides is 2. The first kappa shape index (κ1) is 15.0. The average molecular weight is 325 g/mol. The third-order valence-electron chi connectivity index (χ3n) is 3.95. The molecule has 1 fully saturated rings. The van der Waals surface area contributed by atoms with Gasteiger partial charge in [0.2, 0.25) is 5.91 Å². The number of benzene rings is 1. The minimum absolute atomic E-state index is 0.176. The van der Waals surface area contributed by atoms with E-state index in [1.54, 1.807) is 17.0 Å². The second-order valence-corrected chi connectivity index (χ2v) is 5.88. The topological polar surface area (TPSA) is 81.9 Å². The Bertz CT molecular complexity index is 620. The Balaban J connectivity index is 1.83. The molecule has 2 amide bonds. The van der Waals surface area contributed by atoms with Crippen LogP contribution in [-0.4, -0.2) is 43.0 Å². The van der Waals surface area contributed by atoms with Crippen LogP contribution in [0, 0.1) is 5.92 Å². The van der Waals surface area contributed by atoms with Crippen molar-refractivity contribution in [2.45, 2.75) is 12.8 Å². The number of halogens is 1. The third-order valence-corrected chi connectivity index (χ3v) is 4.24. The normalized spacial score (nSPS) is 20.6. The molecule has 2 N–H and O–H groups in total. The van der Waals surface area contributed by atoms with Crippen molar-refractivity contribution in [2.24, 2.45) is 11.7 Å². The Morgan fingerprint density at radius 3 is 2.82 bits per heavy atom. The molecule has 1 aromatic carbocycles. The molecule has 0 saturated carbocycles. The minimum Gasteiger partial charge on any atom is -0.486 e. The number of likely N-dealkylation sites (tertiary alicyclic amines) is 1. The molecule has 0 radical (unpaired) electrons. The van der Waals surface area contributed by atoms with Gasteiger partial charge in [-0.05, 0) is 25.0 Å². The number of carbonyl (C=O) groups excluding carboxylic acids is 2. The summed E-state index contributed by atoms with van der Waals surface area (Å²) >= 11 is 6.16. The highest BCUT2D eigenvalue weighted by molar-refractivity contribution is 6.32. The quantitative estimate of drug-likeness (QED) is 0.892. The summed E-state index contributed by atoms with van der Waals surface area (Å²) in [6, 6.07) is 3.21. The van der Waals surface area contributed by atoms with Crippen molar-refractivity contribution in [1.29, 1.82) is 0 Å². The predicted molar refractivity (Wildman–Crippen MR) is 80.3 cm³/mol. The molecule has 2 aliphatic rings. The summed E-state index contributed by atoms with van der Waals surface area (Å²) < 4.78 is 10.9. The van der Waals surface area contributed by atoms with Gasteiger partial charge in [0.05, 0.1) is 10.9 Å². The zero-order chi connectivity index (χ0) is 15.7. The second kappa shape index (κ2) is 6.04. The summed E-state index contributed by atoms with van der Waals surface area (Å²) in [5.41, 5.74) is 5.78. The largest absolute Gasteiger partial charge is 0.486 e. The van der Waals surface area contributed by atoms with Crippen LogP contribution in [0.25, 0.3) is 0 Å². The first-order chi connectivity index (χ1) is 10.6. The van der Waals surface area contributed by atoms with Crippen LogP contribution in [0.3, 0.4) is 0 Å². The number of ether oxygens (including phenoxy) is 2. The van der Waals surface area contributed by atoms with Crippen LogP contribution < -0.4 is 15.2 Å². The third kappa shape index (κ3) is 2.83. The van der Waals surface area contributed by atoms with Gasteiger partial charge in [0, 0.05) is 18.7 Å². The number of hydrogen-bond acceptors (Lipinski definition) is 4. The SMILES string of the molecule is NC(=O)C1CCCN(C(=O)c2cc(Cl)c3c(c2)OCCO3)C1. The van der Waals surface area contributed by atoms with Crippen LogP contribution in [0.15, 0.2) is 12.1 Å². The standard InChI is InChI=1S/C15H17ClN2O4/c16-11-6-10(7-12-13(11)22-5-4-21-12)15(20)18-3-1-2-9(8-18)14(17)19/h6-7,9H,1-5,8H2,(H2,17,19). The van der Waals surface area contributed by atoms with E-state index in [0.717, 1.165) is 12.8 Å². The fraction of sp³-hybridized carbons (Fsp3) is 0.467. The maximum atomic E-state index is 12.6. The molecule has 22 heavy (non-hydrogen) atoms. The van der Waals surface area contributed by atoms with Gasteiger partial charge < -0.3 is 20.1 Å². The van der Waals surface area contributed by atoms with Crippen LogP contribution in [0.5, 0.6) is 11.5 Å². The van der Waals surface area contributed by atoms with Crippen LogP contribution in [0.4, 0.5) is 0 Å². The first-order valence-electron chi connectivity index (χ1n) is 7.24. The van der Waals surface area contributed by atoms with Crippen LogP contribution in [-0.2, 0) is 4.79 Å². The average Bonchev–Trinajstić information content (AvgIpc) is 2.54. The predicted octanol–water partition coefficient (Wildman–Crippen LogP) is 1.45. The van der Waals surface area contributed by atoms with E-state index in [9.17, 15) is 9.59 Å². The lowest BCUT2D eigenvalue weighted by Gasteiger charge is -2.31. The van der Waals surface area contributed by atoms with E-state index in [1.807, 2.05) is 0 Å². The molecule has 7 heteroatoms. The van der Waals surface area contributed by atoms with Crippen molar-refractivity contribution < 1.29 is 19.1 Å². The molecule has 1 atom stereocenters. The summed E-state index contributed by atoms with van der Waals surface area (Å²) in [4.78, 5) is 25.6. The summed E-state index contributed by atoms with van der Waals surface area (Å²) in [6.07, 6.45) is 1.48. The van der Waals surface area contributed by atoms with Crippen molar-refractivity contribution >= 4 is 23.4 Å². The van der Waals surface area contributed by atoms with Gasteiger partial charge in [-0.15, -0.1) is 0 Å². The molecule has 118 valence electrons. The highest BCUT2D eigenvalue weighted by atomic mass is 35.5. The number of primary amides is 1. The van der Waals surface area contributed by atoms with Gasteiger partial charge in [-0.2, -0.15) is 0 Å². The van der Waals surface area contributed by atoms with Gasteiger partial charge in [0.25, 0.3) is 5.91 Å². The van der Waals surface area contributed by atoms with Gasteiger partial charge >= 0.3 is 0 Å². The molecule has 0 spiro atoms.